The van der Waals surface area contributed by atoms with Crippen LogP contribution >= 0.6 is 11.3 Å². The summed E-state index contributed by atoms with van der Waals surface area (Å²) in [6.07, 6.45) is 4.65. The first kappa shape index (κ1) is 18.5. The van der Waals surface area contributed by atoms with Crippen molar-refractivity contribution in [3.8, 4) is 6.07 Å². The van der Waals surface area contributed by atoms with Crippen LogP contribution in [0.15, 0.2) is 18.2 Å². The highest BCUT2D eigenvalue weighted by atomic mass is 32.1. The summed E-state index contributed by atoms with van der Waals surface area (Å²) in [6, 6.07) is 8.11. The Morgan fingerprint density at radius 1 is 1.21 bits per heavy atom. The zero-order chi connectivity index (χ0) is 19.7. The number of anilines is 1. The number of fused-ring (bicyclic) bond motifs is 2. The summed E-state index contributed by atoms with van der Waals surface area (Å²) in [4.78, 5) is 27.1. The van der Waals surface area contributed by atoms with Crippen LogP contribution in [-0.4, -0.2) is 30.6 Å². The number of nitrogens with one attached hydrogen (secondary N) is 1. The predicted molar refractivity (Wildman–Crippen MR) is 107 cm³/mol. The van der Waals surface area contributed by atoms with Crippen molar-refractivity contribution < 1.29 is 14.3 Å². The first-order valence-electron chi connectivity index (χ1n) is 9.41. The summed E-state index contributed by atoms with van der Waals surface area (Å²) in [7, 11) is 1.36. The molecule has 1 N–H and O–H groups in total. The molecular formula is C21H21N3O3S. The summed E-state index contributed by atoms with van der Waals surface area (Å²) in [5, 5.41) is 13.1. The minimum Gasteiger partial charge on any atom is -0.453 e. The highest BCUT2D eigenvalue weighted by Gasteiger charge is 2.28. The minimum absolute atomic E-state index is 0.201. The number of carbonyl (C=O) groups excluding carboxylic acids is 2. The topological polar surface area (TPSA) is 82.4 Å². The van der Waals surface area contributed by atoms with Crippen LogP contribution in [0.2, 0.25) is 0 Å². The molecule has 1 aromatic carbocycles. The van der Waals surface area contributed by atoms with Gasteiger partial charge in [-0.2, -0.15) is 5.26 Å². The molecule has 0 spiro atoms. The Labute approximate surface area is 167 Å². The van der Waals surface area contributed by atoms with E-state index in [0.717, 1.165) is 29.7 Å². The quantitative estimate of drug-likeness (QED) is 0.837. The predicted octanol–water partition coefficient (Wildman–Crippen LogP) is 3.88. The third-order valence-electron chi connectivity index (χ3n) is 5.44. The number of aryl methyl sites for hydroxylation is 2. The van der Waals surface area contributed by atoms with E-state index in [9.17, 15) is 14.9 Å². The van der Waals surface area contributed by atoms with E-state index in [0.29, 0.717) is 35.6 Å². The number of methoxy groups -OCH3 is 1. The molecule has 0 fully saturated rings. The summed E-state index contributed by atoms with van der Waals surface area (Å²) < 4.78 is 4.79. The van der Waals surface area contributed by atoms with E-state index in [-0.39, 0.29) is 12.0 Å². The third-order valence-corrected chi connectivity index (χ3v) is 6.57. The summed E-state index contributed by atoms with van der Waals surface area (Å²) >= 11 is 1.37. The van der Waals surface area contributed by atoms with Gasteiger partial charge in [-0.1, -0.05) is 6.07 Å². The molecule has 0 radical (unpaired) electrons. The van der Waals surface area contributed by atoms with Crippen LogP contribution in [0.1, 0.15) is 50.3 Å². The van der Waals surface area contributed by atoms with Gasteiger partial charge >= 0.3 is 6.09 Å². The standard InChI is InChI=1S/C21H21N3O3S/c1-27-21(26)24-9-8-16-17(11-22)20(28-18(16)12-24)23-19(25)15-7-6-13-4-2-3-5-14(13)10-15/h6-7,10H,2-5,8-9,12H2,1H3,(H,23,25). The van der Waals surface area contributed by atoms with Gasteiger partial charge in [0, 0.05) is 17.0 Å². The molecule has 28 heavy (non-hydrogen) atoms. The molecule has 7 heteroatoms. The maximum Gasteiger partial charge on any atom is 0.409 e. The summed E-state index contributed by atoms with van der Waals surface area (Å²) in [5.41, 5.74) is 4.63. The first-order valence-corrected chi connectivity index (χ1v) is 10.2. The van der Waals surface area contributed by atoms with E-state index in [1.54, 1.807) is 4.90 Å². The number of amides is 2. The van der Waals surface area contributed by atoms with Crippen molar-refractivity contribution >= 4 is 28.3 Å². The van der Waals surface area contributed by atoms with Gasteiger partial charge in [0.25, 0.3) is 5.91 Å². The first-order chi connectivity index (χ1) is 13.6. The molecule has 0 atom stereocenters. The van der Waals surface area contributed by atoms with E-state index < -0.39 is 0 Å². The Hall–Kier alpha value is -2.85. The van der Waals surface area contributed by atoms with Crippen LogP contribution in [0, 0.1) is 11.3 Å². The number of hydrogen-bond donors (Lipinski definition) is 1. The van der Waals surface area contributed by atoms with Gasteiger partial charge < -0.3 is 15.0 Å². The molecule has 6 nitrogen and oxygen atoms in total. The molecule has 2 aliphatic rings. The zero-order valence-corrected chi connectivity index (χ0v) is 16.5. The van der Waals surface area contributed by atoms with Crippen LogP contribution in [0.3, 0.4) is 0 Å². The van der Waals surface area contributed by atoms with Crippen molar-refractivity contribution in [2.75, 3.05) is 19.0 Å². The molecule has 144 valence electrons. The van der Waals surface area contributed by atoms with Gasteiger partial charge in [-0.25, -0.2) is 4.79 Å². The molecule has 4 rings (SSSR count). The number of thiophene rings is 1. The van der Waals surface area contributed by atoms with Crippen LogP contribution in [0.4, 0.5) is 9.80 Å². The Morgan fingerprint density at radius 3 is 2.75 bits per heavy atom. The molecule has 0 bridgehead atoms. The van der Waals surface area contributed by atoms with E-state index in [2.05, 4.69) is 11.4 Å². The van der Waals surface area contributed by atoms with Gasteiger partial charge in [0.1, 0.15) is 11.1 Å². The van der Waals surface area contributed by atoms with Gasteiger partial charge in [0.15, 0.2) is 0 Å². The summed E-state index contributed by atoms with van der Waals surface area (Å²) in [6.45, 7) is 0.902. The van der Waals surface area contributed by atoms with E-state index in [4.69, 9.17) is 4.74 Å². The fraction of sp³-hybridized carbons (Fsp3) is 0.381. The SMILES string of the molecule is COC(=O)N1CCc2c(sc(NC(=O)c3ccc4c(c3)CCCC4)c2C#N)C1. The number of nitriles is 1. The van der Waals surface area contributed by atoms with Crippen LogP contribution < -0.4 is 5.32 Å². The molecule has 1 aliphatic carbocycles. The van der Waals surface area contributed by atoms with Crippen molar-refractivity contribution in [3.63, 3.8) is 0 Å². The average molecular weight is 395 g/mol. The Morgan fingerprint density at radius 2 is 2.00 bits per heavy atom. The highest BCUT2D eigenvalue weighted by Crippen LogP contribution is 2.37. The number of hydrogen-bond acceptors (Lipinski definition) is 5. The molecular weight excluding hydrogens is 374 g/mol. The smallest absolute Gasteiger partial charge is 0.409 e. The maximum atomic E-state index is 12.8. The van der Waals surface area contributed by atoms with Gasteiger partial charge in [-0.05, 0) is 60.9 Å². The van der Waals surface area contributed by atoms with Crippen LogP contribution in [0.25, 0.3) is 0 Å². The molecule has 0 unspecified atom stereocenters. The lowest BCUT2D eigenvalue weighted by Gasteiger charge is -2.25. The summed E-state index contributed by atoms with van der Waals surface area (Å²) in [5.74, 6) is -0.201. The second kappa shape index (κ2) is 7.64. The lowest BCUT2D eigenvalue weighted by atomic mass is 9.90. The van der Waals surface area contributed by atoms with Crippen molar-refractivity contribution in [1.82, 2.24) is 4.90 Å². The third kappa shape index (κ3) is 3.36. The molecule has 0 saturated heterocycles. The van der Waals surface area contributed by atoms with Gasteiger partial charge in [-0.3, -0.25) is 4.79 Å². The van der Waals surface area contributed by atoms with Gasteiger partial charge in [-0.15, -0.1) is 11.3 Å². The fourth-order valence-corrected chi connectivity index (χ4v) is 5.15. The van der Waals surface area contributed by atoms with Crippen LogP contribution in [-0.2, 0) is 30.5 Å². The number of carbonyl (C=O) groups is 2. The van der Waals surface area contributed by atoms with Crippen molar-refractivity contribution in [2.24, 2.45) is 0 Å². The van der Waals surface area contributed by atoms with Crippen molar-refractivity contribution in [2.45, 2.75) is 38.6 Å². The van der Waals surface area contributed by atoms with Crippen LogP contribution in [0.5, 0.6) is 0 Å². The number of rotatable bonds is 2. The minimum atomic E-state index is -0.378. The van der Waals surface area contributed by atoms with Gasteiger partial charge in [0.2, 0.25) is 0 Å². The normalized spacial score (nSPS) is 15.2. The molecule has 2 amide bonds. The largest absolute Gasteiger partial charge is 0.453 e. The number of ether oxygens (including phenoxy) is 1. The second-order valence-electron chi connectivity index (χ2n) is 7.11. The van der Waals surface area contributed by atoms with Crippen molar-refractivity contribution in [1.29, 1.82) is 5.26 Å². The Bertz CT molecular complexity index is 990. The van der Waals surface area contributed by atoms with Gasteiger partial charge in [0.05, 0.1) is 19.2 Å². The highest BCUT2D eigenvalue weighted by molar-refractivity contribution is 7.16. The molecule has 1 aliphatic heterocycles. The van der Waals surface area contributed by atoms with Crippen molar-refractivity contribution in [3.05, 3.63) is 50.9 Å². The second-order valence-corrected chi connectivity index (χ2v) is 8.21. The average Bonchev–Trinajstić information content (AvgIpc) is 3.08. The lowest BCUT2D eigenvalue weighted by molar-refractivity contribution is 0.102. The monoisotopic (exact) mass is 395 g/mol. The fourth-order valence-electron chi connectivity index (χ4n) is 3.94. The number of benzene rings is 1. The van der Waals surface area contributed by atoms with E-state index in [1.165, 1.54) is 36.0 Å². The number of nitrogens with zero attached hydrogens (tertiary/aromatic N) is 2. The maximum absolute atomic E-state index is 12.8. The Kier molecular flexibility index (Phi) is 5.05. The Balaban J connectivity index is 1.57. The zero-order valence-electron chi connectivity index (χ0n) is 15.7. The van der Waals surface area contributed by atoms with E-state index >= 15 is 0 Å². The molecule has 2 heterocycles. The van der Waals surface area contributed by atoms with E-state index in [1.807, 2.05) is 18.2 Å². The molecule has 0 saturated carbocycles. The molecule has 2 aromatic rings. The molecule has 1 aromatic heterocycles. The lowest BCUT2D eigenvalue weighted by Crippen LogP contribution is -2.35.